The van der Waals surface area contributed by atoms with Gasteiger partial charge in [0.05, 0.1) is 48.7 Å². The third kappa shape index (κ3) is 12.5. The second-order valence-electron chi connectivity index (χ2n) is 18.1. The van der Waals surface area contributed by atoms with Crippen molar-refractivity contribution >= 4 is 87.7 Å². The zero-order chi connectivity index (χ0) is 46.0. The van der Waals surface area contributed by atoms with E-state index in [9.17, 15) is 19.2 Å². The highest BCUT2D eigenvalue weighted by molar-refractivity contribution is 7.26. The summed E-state index contributed by atoms with van der Waals surface area (Å²) < 4.78 is 25.5. The SMILES string of the molecule is CCCCCCCCOC(=O)c1ccc2c3ccc(C(=O)OCCCCCCCC)c4c(C(=O)OCCCCCCCC)cc5sc6cc(C(=O)OCCCCCCCC)c1c2c6c5c43. The summed E-state index contributed by atoms with van der Waals surface area (Å²) in [6.45, 7) is 9.96. The highest BCUT2D eigenvalue weighted by Crippen LogP contribution is 2.51. The highest BCUT2D eigenvalue weighted by Gasteiger charge is 2.31. The van der Waals surface area contributed by atoms with Gasteiger partial charge in [-0.1, -0.05) is 168 Å². The second kappa shape index (κ2) is 26.0. The molecule has 8 nitrogen and oxygen atoms in total. The molecule has 0 fully saturated rings. The van der Waals surface area contributed by atoms with Crippen LogP contribution in [0.15, 0.2) is 36.4 Å². The van der Waals surface area contributed by atoms with Gasteiger partial charge in [-0.2, -0.15) is 0 Å². The first-order valence-corrected chi connectivity index (χ1v) is 26.3. The summed E-state index contributed by atoms with van der Waals surface area (Å²) >= 11 is 1.49. The molecule has 6 aromatic rings. The highest BCUT2D eigenvalue weighted by atomic mass is 32.1. The van der Waals surface area contributed by atoms with E-state index in [1.165, 1.54) is 88.4 Å². The lowest BCUT2D eigenvalue weighted by molar-refractivity contribution is 0.0483. The molecular weight excluding hydrogens is 833 g/mol. The summed E-state index contributed by atoms with van der Waals surface area (Å²) in [5, 5.41) is 5.97. The molecule has 65 heavy (non-hydrogen) atoms. The van der Waals surface area contributed by atoms with E-state index in [1.807, 2.05) is 24.3 Å². The van der Waals surface area contributed by atoms with Gasteiger partial charge in [0.2, 0.25) is 0 Å². The van der Waals surface area contributed by atoms with Gasteiger partial charge in [-0.3, -0.25) is 0 Å². The van der Waals surface area contributed by atoms with Crippen molar-refractivity contribution in [2.45, 2.75) is 182 Å². The number of carbonyl (C=O) groups excluding carboxylic acids is 4. The van der Waals surface area contributed by atoms with E-state index in [-0.39, 0.29) is 0 Å². The zero-order valence-corrected chi connectivity index (χ0v) is 40.8. The van der Waals surface area contributed by atoms with Crippen molar-refractivity contribution in [2.24, 2.45) is 0 Å². The first-order valence-electron chi connectivity index (χ1n) is 25.5. The van der Waals surface area contributed by atoms with Gasteiger partial charge in [0, 0.05) is 41.7 Å². The Hall–Kier alpha value is -4.50. The summed E-state index contributed by atoms with van der Waals surface area (Å²) in [4.78, 5) is 56.8. The lowest BCUT2D eigenvalue weighted by Crippen LogP contribution is -2.13. The number of hydrogen-bond donors (Lipinski definition) is 0. The van der Waals surface area contributed by atoms with Crippen LogP contribution in [0.25, 0.3) is 52.5 Å². The van der Waals surface area contributed by atoms with Crippen LogP contribution in [-0.2, 0) is 18.9 Å². The number of unbranched alkanes of at least 4 members (excludes halogenated alkanes) is 20. The Kier molecular flexibility index (Phi) is 20.0. The zero-order valence-electron chi connectivity index (χ0n) is 39.9. The van der Waals surface area contributed by atoms with Gasteiger partial charge < -0.3 is 18.9 Å². The molecule has 0 unspecified atom stereocenters. The number of fused-ring (bicyclic) bond motifs is 1. The monoisotopic (exact) mass is 907 g/mol. The summed E-state index contributed by atoms with van der Waals surface area (Å²) in [5.74, 6) is -1.88. The van der Waals surface area contributed by atoms with Crippen molar-refractivity contribution in [3.05, 3.63) is 58.7 Å². The summed E-state index contributed by atoms with van der Waals surface area (Å²) in [6, 6.07) is 11.1. The predicted octanol–water partition coefficient (Wildman–Crippen LogP) is 16.5. The minimum atomic E-state index is -0.474. The van der Waals surface area contributed by atoms with Gasteiger partial charge in [0.15, 0.2) is 0 Å². The lowest BCUT2D eigenvalue weighted by Gasteiger charge is -2.20. The first-order chi connectivity index (χ1) is 31.9. The van der Waals surface area contributed by atoms with Crippen LogP contribution in [0.4, 0.5) is 0 Å². The molecule has 0 aliphatic carbocycles. The van der Waals surface area contributed by atoms with Gasteiger partial charge >= 0.3 is 23.9 Å². The molecule has 352 valence electrons. The van der Waals surface area contributed by atoms with Crippen molar-refractivity contribution in [3.8, 4) is 0 Å². The quantitative estimate of drug-likeness (QED) is 0.0135. The third-order valence-corrected chi connectivity index (χ3v) is 14.1. The maximum absolute atomic E-state index is 14.3. The molecule has 1 aromatic heterocycles. The van der Waals surface area contributed by atoms with Crippen LogP contribution in [0, 0.1) is 0 Å². The molecule has 0 radical (unpaired) electrons. The van der Waals surface area contributed by atoms with E-state index in [0.717, 1.165) is 119 Å². The minimum absolute atomic E-state index is 0.291. The average Bonchev–Trinajstić information content (AvgIpc) is 3.70. The van der Waals surface area contributed by atoms with Crippen molar-refractivity contribution in [1.82, 2.24) is 0 Å². The molecule has 5 aromatic carbocycles. The maximum atomic E-state index is 14.3. The van der Waals surface area contributed by atoms with Crippen LogP contribution in [0.2, 0.25) is 0 Å². The molecule has 0 amide bonds. The van der Waals surface area contributed by atoms with Crippen molar-refractivity contribution in [1.29, 1.82) is 0 Å². The molecule has 0 spiro atoms. The number of hydrogen-bond acceptors (Lipinski definition) is 9. The molecule has 6 rings (SSSR count). The number of benzene rings is 5. The van der Waals surface area contributed by atoms with Crippen LogP contribution < -0.4 is 0 Å². The van der Waals surface area contributed by atoms with Gasteiger partial charge in [-0.25, -0.2) is 19.2 Å². The number of ether oxygens (including phenoxy) is 4. The van der Waals surface area contributed by atoms with E-state index in [1.54, 1.807) is 12.1 Å². The Labute approximate surface area is 391 Å². The molecule has 0 saturated carbocycles. The van der Waals surface area contributed by atoms with E-state index >= 15 is 0 Å². The van der Waals surface area contributed by atoms with E-state index in [0.29, 0.717) is 59.5 Å². The Balaban J connectivity index is 1.44. The van der Waals surface area contributed by atoms with Crippen molar-refractivity contribution in [3.63, 3.8) is 0 Å². The minimum Gasteiger partial charge on any atom is -0.462 e. The van der Waals surface area contributed by atoms with Gasteiger partial charge in [0.25, 0.3) is 0 Å². The molecule has 0 bridgehead atoms. The largest absolute Gasteiger partial charge is 0.462 e. The normalized spacial score (nSPS) is 11.8. The van der Waals surface area contributed by atoms with Crippen LogP contribution in [0.5, 0.6) is 0 Å². The summed E-state index contributed by atoms with van der Waals surface area (Å²) in [7, 11) is 0. The molecular formula is C56H74O8S. The Morgan fingerprint density at radius 3 is 0.923 bits per heavy atom. The predicted molar refractivity (Wildman–Crippen MR) is 269 cm³/mol. The van der Waals surface area contributed by atoms with Crippen LogP contribution in [-0.4, -0.2) is 50.3 Å². The molecule has 0 aliphatic rings. The number of carbonyl (C=O) groups is 4. The topological polar surface area (TPSA) is 105 Å². The van der Waals surface area contributed by atoms with E-state index in [4.69, 9.17) is 18.9 Å². The molecule has 0 aliphatic heterocycles. The molecule has 0 saturated heterocycles. The Bertz CT molecular complexity index is 2280. The number of rotatable bonds is 32. The fourth-order valence-corrected chi connectivity index (χ4v) is 10.7. The van der Waals surface area contributed by atoms with E-state index in [2.05, 4.69) is 27.7 Å². The molecule has 0 atom stereocenters. The maximum Gasteiger partial charge on any atom is 0.338 e. The fourth-order valence-electron chi connectivity index (χ4n) is 9.47. The fraction of sp³-hybridized carbons (Fsp3) is 0.571. The first kappa shape index (κ1) is 49.9. The van der Waals surface area contributed by atoms with Crippen LogP contribution in [0.1, 0.15) is 223 Å². The van der Waals surface area contributed by atoms with Crippen LogP contribution >= 0.6 is 11.3 Å². The Morgan fingerprint density at radius 2 is 0.615 bits per heavy atom. The smallest absolute Gasteiger partial charge is 0.338 e. The molecule has 1 heterocycles. The molecule has 0 N–H and O–H groups in total. The third-order valence-electron chi connectivity index (χ3n) is 13.1. The van der Waals surface area contributed by atoms with Gasteiger partial charge in [-0.05, 0) is 60.7 Å². The summed E-state index contributed by atoms with van der Waals surface area (Å²) in [5.41, 5.74) is 1.30. The Morgan fingerprint density at radius 1 is 0.338 bits per heavy atom. The average molecular weight is 907 g/mol. The van der Waals surface area contributed by atoms with Crippen LogP contribution in [0.3, 0.4) is 0 Å². The van der Waals surface area contributed by atoms with E-state index < -0.39 is 23.9 Å². The number of thiophene rings is 1. The standard InChI is InChI=1S/C56H74O8S/c1-5-9-13-17-21-25-33-61-53(57)41-31-29-39-40-30-32-42(54(58)62-34-26-22-18-14-10-6-2)48-44(56(60)64-36-28-24-20-16-12-8-4)38-46-52(50(40)48)51-45(65-46)37-43(47(41)49(39)51)55(59)63-35-27-23-19-15-11-7-3/h29-32,37-38H,5-28,33-36H2,1-4H3. The lowest BCUT2D eigenvalue weighted by atomic mass is 9.84. The number of esters is 4. The molecule has 9 heteroatoms. The van der Waals surface area contributed by atoms with Crippen molar-refractivity contribution < 1.29 is 38.1 Å². The van der Waals surface area contributed by atoms with Gasteiger partial charge in [0.1, 0.15) is 0 Å². The second-order valence-corrected chi connectivity index (χ2v) is 19.2. The summed E-state index contributed by atoms with van der Waals surface area (Å²) in [6.07, 6.45) is 25.6. The van der Waals surface area contributed by atoms with Gasteiger partial charge in [-0.15, -0.1) is 11.3 Å². The van der Waals surface area contributed by atoms with Crippen molar-refractivity contribution in [2.75, 3.05) is 26.4 Å².